The van der Waals surface area contributed by atoms with Crippen LogP contribution in [0, 0.1) is 12.7 Å². The van der Waals surface area contributed by atoms with Gasteiger partial charge >= 0.3 is 0 Å². The van der Waals surface area contributed by atoms with E-state index in [-0.39, 0.29) is 11.3 Å². The molecule has 0 amide bonds. The fraction of sp³-hybridized carbons (Fsp3) is 0.188. The van der Waals surface area contributed by atoms with Gasteiger partial charge in [0.1, 0.15) is 11.6 Å². The predicted octanol–water partition coefficient (Wildman–Crippen LogP) is 4.53. The minimum atomic E-state index is -0.470. The number of hydrogen-bond acceptors (Lipinski definition) is 2. The summed E-state index contributed by atoms with van der Waals surface area (Å²) in [7, 11) is 0. The van der Waals surface area contributed by atoms with Crippen LogP contribution >= 0.6 is 15.9 Å². The van der Waals surface area contributed by atoms with Gasteiger partial charge in [0, 0.05) is 5.56 Å². The minimum absolute atomic E-state index is 0.0843. The first-order valence-corrected chi connectivity index (χ1v) is 7.06. The van der Waals surface area contributed by atoms with Gasteiger partial charge in [-0.15, -0.1) is 0 Å². The van der Waals surface area contributed by atoms with E-state index in [9.17, 15) is 9.18 Å². The Morgan fingerprint density at radius 1 is 1.30 bits per heavy atom. The fourth-order valence-electron chi connectivity index (χ4n) is 1.89. The number of carbonyl (C=O) groups excluding carboxylic acids is 1. The van der Waals surface area contributed by atoms with E-state index >= 15 is 0 Å². The smallest absolute Gasteiger partial charge is 0.196 e. The maximum atomic E-state index is 14.0. The van der Waals surface area contributed by atoms with Crippen molar-refractivity contribution < 1.29 is 13.9 Å². The molecule has 104 valence electrons. The second-order valence-corrected chi connectivity index (χ2v) is 5.20. The lowest BCUT2D eigenvalue weighted by atomic mass is 10.0. The van der Waals surface area contributed by atoms with Crippen LogP contribution in [-0.4, -0.2) is 12.4 Å². The number of ketones is 1. The van der Waals surface area contributed by atoms with Crippen molar-refractivity contribution in [2.24, 2.45) is 0 Å². The third kappa shape index (κ3) is 2.90. The highest BCUT2D eigenvalue weighted by Gasteiger charge is 2.16. The number of halogens is 2. The number of ether oxygens (including phenoxy) is 1. The van der Waals surface area contributed by atoms with Crippen LogP contribution in [0.3, 0.4) is 0 Å². The Bertz CT molecular complexity index is 653. The number of aryl methyl sites for hydroxylation is 1. The van der Waals surface area contributed by atoms with E-state index in [0.717, 1.165) is 0 Å². The van der Waals surface area contributed by atoms with Gasteiger partial charge < -0.3 is 4.74 Å². The lowest BCUT2D eigenvalue weighted by Crippen LogP contribution is -2.06. The molecule has 0 atom stereocenters. The van der Waals surface area contributed by atoms with Crippen LogP contribution in [0.4, 0.5) is 4.39 Å². The summed E-state index contributed by atoms with van der Waals surface area (Å²) in [6, 6.07) is 9.80. The van der Waals surface area contributed by atoms with Gasteiger partial charge in [0.15, 0.2) is 5.78 Å². The monoisotopic (exact) mass is 336 g/mol. The second-order valence-electron chi connectivity index (χ2n) is 4.34. The molecule has 0 aromatic heterocycles. The zero-order valence-corrected chi connectivity index (χ0v) is 12.8. The third-order valence-electron chi connectivity index (χ3n) is 2.93. The molecule has 0 aliphatic carbocycles. The topological polar surface area (TPSA) is 26.3 Å². The summed E-state index contributed by atoms with van der Waals surface area (Å²) in [4.78, 5) is 12.3. The average Bonchev–Trinajstić information content (AvgIpc) is 2.43. The average molecular weight is 337 g/mol. The first-order valence-electron chi connectivity index (χ1n) is 6.26. The van der Waals surface area contributed by atoms with Crippen LogP contribution < -0.4 is 4.74 Å². The van der Waals surface area contributed by atoms with Crippen LogP contribution in [0.2, 0.25) is 0 Å². The molecule has 0 radical (unpaired) electrons. The molecule has 0 aliphatic rings. The summed E-state index contributed by atoms with van der Waals surface area (Å²) in [5.74, 6) is -0.147. The number of carbonyl (C=O) groups is 1. The molecular weight excluding hydrogens is 323 g/mol. The van der Waals surface area contributed by atoms with Gasteiger partial charge in [-0.25, -0.2) is 4.39 Å². The van der Waals surface area contributed by atoms with Gasteiger partial charge in [0.25, 0.3) is 0 Å². The van der Waals surface area contributed by atoms with Crippen molar-refractivity contribution in [1.82, 2.24) is 0 Å². The molecule has 0 bridgehead atoms. The Labute approximate surface area is 125 Å². The Morgan fingerprint density at radius 2 is 2.05 bits per heavy atom. The van der Waals surface area contributed by atoms with Gasteiger partial charge in [-0.05, 0) is 59.6 Å². The molecule has 0 heterocycles. The van der Waals surface area contributed by atoms with Crippen molar-refractivity contribution in [3.63, 3.8) is 0 Å². The Hall–Kier alpha value is -1.68. The molecule has 0 spiro atoms. The summed E-state index contributed by atoms with van der Waals surface area (Å²) in [5.41, 5.74) is 0.965. The predicted molar refractivity (Wildman–Crippen MR) is 79.9 cm³/mol. The molecule has 0 N–H and O–H groups in total. The molecule has 0 unspecified atom stereocenters. The molecule has 0 fully saturated rings. The molecule has 2 aromatic carbocycles. The van der Waals surface area contributed by atoms with Crippen molar-refractivity contribution in [2.75, 3.05) is 6.61 Å². The number of rotatable bonds is 4. The van der Waals surface area contributed by atoms with E-state index in [1.807, 2.05) is 6.92 Å². The Kier molecular flexibility index (Phi) is 4.55. The largest absolute Gasteiger partial charge is 0.493 e. The van der Waals surface area contributed by atoms with Gasteiger partial charge in [-0.2, -0.15) is 0 Å². The van der Waals surface area contributed by atoms with Crippen molar-refractivity contribution in [3.8, 4) is 5.75 Å². The van der Waals surface area contributed by atoms with Crippen LogP contribution in [0.15, 0.2) is 40.9 Å². The standard InChI is InChI=1S/C16H14BrFO2/c1-3-20-14-8-7-11(9-13(14)17)16(19)12-6-4-5-10(2)15(12)18/h4-9H,3H2,1-2H3. The SMILES string of the molecule is CCOc1ccc(C(=O)c2cccc(C)c2F)cc1Br. The first kappa shape index (κ1) is 14.7. The third-order valence-corrected chi connectivity index (χ3v) is 3.55. The van der Waals surface area contributed by atoms with E-state index in [4.69, 9.17) is 4.74 Å². The zero-order valence-electron chi connectivity index (χ0n) is 11.2. The molecule has 4 heteroatoms. The molecule has 20 heavy (non-hydrogen) atoms. The summed E-state index contributed by atoms with van der Waals surface area (Å²) in [5, 5.41) is 0. The molecule has 0 saturated heterocycles. The van der Waals surface area contributed by atoms with Crippen LogP contribution in [-0.2, 0) is 0 Å². The highest BCUT2D eigenvalue weighted by Crippen LogP contribution is 2.27. The van der Waals surface area contributed by atoms with E-state index < -0.39 is 5.82 Å². The van der Waals surface area contributed by atoms with E-state index in [1.165, 1.54) is 6.07 Å². The second kappa shape index (κ2) is 6.18. The number of hydrogen-bond donors (Lipinski definition) is 0. The summed E-state index contributed by atoms with van der Waals surface area (Å²) in [6.07, 6.45) is 0. The van der Waals surface area contributed by atoms with Gasteiger partial charge in [0.2, 0.25) is 0 Å². The highest BCUT2D eigenvalue weighted by molar-refractivity contribution is 9.10. The first-order chi connectivity index (χ1) is 9.54. The highest BCUT2D eigenvalue weighted by atomic mass is 79.9. The maximum Gasteiger partial charge on any atom is 0.196 e. The molecule has 2 aromatic rings. The molecule has 0 aliphatic heterocycles. The van der Waals surface area contributed by atoms with Gasteiger partial charge in [0.05, 0.1) is 16.6 Å². The molecule has 0 saturated carbocycles. The van der Waals surface area contributed by atoms with Crippen LogP contribution in [0.1, 0.15) is 28.4 Å². The lowest BCUT2D eigenvalue weighted by Gasteiger charge is -2.08. The quantitative estimate of drug-likeness (QED) is 0.767. The van der Waals surface area contributed by atoms with Crippen LogP contribution in [0.25, 0.3) is 0 Å². The molecular formula is C16H14BrFO2. The minimum Gasteiger partial charge on any atom is -0.493 e. The fourth-order valence-corrected chi connectivity index (χ4v) is 2.39. The van der Waals surface area contributed by atoms with Crippen molar-refractivity contribution in [2.45, 2.75) is 13.8 Å². The van der Waals surface area contributed by atoms with Gasteiger partial charge in [-0.1, -0.05) is 12.1 Å². The van der Waals surface area contributed by atoms with Crippen molar-refractivity contribution in [3.05, 3.63) is 63.4 Å². The maximum absolute atomic E-state index is 14.0. The summed E-state index contributed by atoms with van der Waals surface area (Å²) >= 11 is 3.35. The van der Waals surface area contributed by atoms with Crippen molar-refractivity contribution in [1.29, 1.82) is 0 Å². The summed E-state index contributed by atoms with van der Waals surface area (Å²) < 4.78 is 20.0. The molecule has 2 rings (SSSR count). The van der Waals surface area contributed by atoms with E-state index in [2.05, 4.69) is 15.9 Å². The molecule has 2 nitrogen and oxygen atoms in total. The van der Waals surface area contributed by atoms with Crippen molar-refractivity contribution >= 4 is 21.7 Å². The lowest BCUT2D eigenvalue weighted by molar-refractivity contribution is 0.103. The normalized spacial score (nSPS) is 10.4. The zero-order chi connectivity index (χ0) is 14.7. The van der Waals surface area contributed by atoms with Crippen LogP contribution in [0.5, 0.6) is 5.75 Å². The Balaban J connectivity index is 2.39. The Morgan fingerprint density at radius 3 is 2.70 bits per heavy atom. The van der Waals surface area contributed by atoms with Gasteiger partial charge in [-0.3, -0.25) is 4.79 Å². The number of benzene rings is 2. The van der Waals surface area contributed by atoms with E-state index in [0.29, 0.717) is 28.0 Å². The summed E-state index contributed by atoms with van der Waals surface area (Å²) in [6.45, 7) is 4.06. The van der Waals surface area contributed by atoms with E-state index in [1.54, 1.807) is 37.3 Å².